The standard InChI is InChI=1S/C14H15N3O2S/c1-17(13(18)9-12-6-3-7-20-12)11-5-2-4-10(8-11)14(15)16-19/h2-8,19H,9H2,1H3,(H2,15,16). The van der Waals surface area contributed by atoms with Gasteiger partial charge in [0, 0.05) is 23.2 Å². The van der Waals surface area contributed by atoms with E-state index < -0.39 is 0 Å². The molecule has 2 aromatic rings. The van der Waals surface area contributed by atoms with Gasteiger partial charge in [0.25, 0.3) is 0 Å². The second-order valence-corrected chi connectivity index (χ2v) is 5.28. The average molecular weight is 289 g/mol. The lowest BCUT2D eigenvalue weighted by molar-refractivity contribution is -0.117. The Kier molecular flexibility index (Phi) is 4.37. The molecule has 5 nitrogen and oxygen atoms in total. The molecule has 0 aliphatic carbocycles. The van der Waals surface area contributed by atoms with Crippen LogP contribution in [0.2, 0.25) is 0 Å². The van der Waals surface area contributed by atoms with Crippen LogP contribution in [0.15, 0.2) is 46.9 Å². The zero-order chi connectivity index (χ0) is 14.5. The molecule has 1 aromatic heterocycles. The highest BCUT2D eigenvalue weighted by atomic mass is 32.1. The normalized spacial score (nSPS) is 11.3. The van der Waals surface area contributed by atoms with Gasteiger partial charge in [-0.05, 0) is 23.6 Å². The molecule has 0 atom stereocenters. The van der Waals surface area contributed by atoms with Gasteiger partial charge in [-0.3, -0.25) is 4.79 Å². The molecule has 0 aliphatic heterocycles. The fourth-order valence-corrected chi connectivity index (χ4v) is 2.45. The predicted octanol–water partition coefficient (Wildman–Crippen LogP) is 2.05. The molecular weight excluding hydrogens is 274 g/mol. The molecule has 1 heterocycles. The topological polar surface area (TPSA) is 78.9 Å². The van der Waals surface area contributed by atoms with Crippen LogP contribution in [0.4, 0.5) is 5.69 Å². The number of rotatable bonds is 4. The molecule has 0 radical (unpaired) electrons. The molecule has 0 bridgehead atoms. The summed E-state index contributed by atoms with van der Waals surface area (Å²) >= 11 is 1.56. The molecule has 0 spiro atoms. The number of likely N-dealkylation sites (N-methyl/N-ethyl adjacent to an activating group) is 1. The third kappa shape index (κ3) is 3.16. The highest BCUT2D eigenvalue weighted by Gasteiger charge is 2.13. The molecule has 2 rings (SSSR count). The van der Waals surface area contributed by atoms with Crippen LogP contribution in [0.1, 0.15) is 10.4 Å². The summed E-state index contributed by atoms with van der Waals surface area (Å²) in [5.41, 5.74) is 6.82. The van der Waals surface area contributed by atoms with Crippen molar-refractivity contribution in [2.24, 2.45) is 10.9 Å². The maximum atomic E-state index is 12.2. The number of nitrogens with two attached hydrogens (primary N) is 1. The molecule has 0 fully saturated rings. The van der Waals surface area contributed by atoms with E-state index >= 15 is 0 Å². The van der Waals surface area contributed by atoms with E-state index in [9.17, 15) is 4.79 Å². The van der Waals surface area contributed by atoms with Crippen molar-refractivity contribution in [1.29, 1.82) is 0 Å². The first-order valence-electron chi connectivity index (χ1n) is 5.98. The minimum Gasteiger partial charge on any atom is -0.409 e. The number of amides is 1. The van der Waals surface area contributed by atoms with Gasteiger partial charge in [0.1, 0.15) is 0 Å². The van der Waals surface area contributed by atoms with Crippen molar-refractivity contribution in [2.75, 3.05) is 11.9 Å². The van der Waals surface area contributed by atoms with Crippen molar-refractivity contribution in [3.05, 3.63) is 52.2 Å². The van der Waals surface area contributed by atoms with Crippen molar-refractivity contribution in [3.8, 4) is 0 Å². The number of thiophene rings is 1. The smallest absolute Gasteiger partial charge is 0.231 e. The number of anilines is 1. The lowest BCUT2D eigenvalue weighted by Crippen LogP contribution is -2.28. The monoisotopic (exact) mass is 289 g/mol. The largest absolute Gasteiger partial charge is 0.409 e. The van der Waals surface area contributed by atoms with E-state index in [-0.39, 0.29) is 11.7 Å². The number of oxime groups is 1. The lowest BCUT2D eigenvalue weighted by atomic mass is 10.1. The Morgan fingerprint density at radius 2 is 2.20 bits per heavy atom. The molecule has 20 heavy (non-hydrogen) atoms. The Labute approximate surface area is 120 Å². The van der Waals surface area contributed by atoms with Crippen molar-refractivity contribution >= 4 is 28.8 Å². The Morgan fingerprint density at radius 3 is 2.85 bits per heavy atom. The summed E-state index contributed by atoms with van der Waals surface area (Å²) in [5, 5.41) is 13.6. The first kappa shape index (κ1) is 14.1. The van der Waals surface area contributed by atoms with E-state index in [2.05, 4.69) is 5.16 Å². The zero-order valence-corrected chi connectivity index (χ0v) is 11.8. The molecule has 1 aromatic carbocycles. The van der Waals surface area contributed by atoms with E-state index in [1.54, 1.807) is 47.5 Å². The predicted molar refractivity (Wildman–Crippen MR) is 80.4 cm³/mol. The number of amidine groups is 1. The minimum atomic E-state index is -0.0101. The zero-order valence-electron chi connectivity index (χ0n) is 11.0. The SMILES string of the molecule is CN(C(=O)Cc1cccs1)c1cccc(C(N)=NO)c1. The van der Waals surface area contributed by atoms with Crippen LogP contribution in [0.25, 0.3) is 0 Å². The molecule has 0 unspecified atom stereocenters. The summed E-state index contributed by atoms with van der Waals surface area (Å²) in [4.78, 5) is 14.8. The summed E-state index contributed by atoms with van der Waals surface area (Å²) in [5.74, 6) is 0.00932. The maximum Gasteiger partial charge on any atom is 0.231 e. The van der Waals surface area contributed by atoms with Crippen LogP contribution in [0.3, 0.4) is 0 Å². The second kappa shape index (κ2) is 6.21. The summed E-state index contributed by atoms with van der Waals surface area (Å²) in [7, 11) is 1.71. The third-order valence-electron chi connectivity index (χ3n) is 2.92. The van der Waals surface area contributed by atoms with E-state index in [1.165, 1.54) is 0 Å². The number of carbonyl (C=O) groups is 1. The van der Waals surface area contributed by atoms with E-state index in [0.717, 1.165) is 4.88 Å². The maximum absolute atomic E-state index is 12.2. The van der Waals surface area contributed by atoms with Gasteiger partial charge in [-0.25, -0.2) is 0 Å². The van der Waals surface area contributed by atoms with Crippen LogP contribution >= 0.6 is 11.3 Å². The Balaban J connectivity index is 2.16. The number of hydrogen-bond acceptors (Lipinski definition) is 4. The quantitative estimate of drug-likeness (QED) is 0.391. The van der Waals surface area contributed by atoms with Gasteiger partial charge in [-0.15, -0.1) is 11.3 Å². The molecule has 1 amide bonds. The van der Waals surface area contributed by atoms with Gasteiger partial charge in [-0.1, -0.05) is 23.4 Å². The Morgan fingerprint density at radius 1 is 1.40 bits per heavy atom. The van der Waals surface area contributed by atoms with Crippen LogP contribution in [0.5, 0.6) is 0 Å². The highest BCUT2D eigenvalue weighted by Crippen LogP contribution is 2.17. The number of benzene rings is 1. The van der Waals surface area contributed by atoms with Crippen molar-refractivity contribution in [2.45, 2.75) is 6.42 Å². The minimum absolute atomic E-state index is 0.0101. The summed E-state index contributed by atoms with van der Waals surface area (Å²) in [6.45, 7) is 0. The van der Waals surface area contributed by atoms with Gasteiger partial charge in [-0.2, -0.15) is 0 Å². The first-order valence-corrected chi connectivity index (χ1v) is 6.86. The van der Waals surface area contributed by atoms with Crippen LogP contribution in [0, 0.1) is 0 Å². The summed E-state index contributed by atoms with van der Waals surface area (Å²) in [6, 6.07) is 10.9. The number of carbonyl (C=O) groups excluding carboxylic acids is 1. The molecular formula is C14H15N3O2S. The van der Waals surface area contributed by atoms with Gasteiger partial charge in [0.15, 0.2) is 5.84 Å². The first-order chi connectivity index (χ1) is 9.61. The van der Waals surface area contributed by atoms with E-state index in [4.69, 9.17) is 10.9 Å². The Bertz CT molecular complexity index is 623. The highest BCUT2D eigenvalue weighted by molar-refractivity contribution is 7.10. The van der Waals surface area contributed by atoms with Crippen LogP contribution in [-0.2, 0) is 11.2 Å². The fraction of sp³-hybridized carbons (Fsp3) is 0.143. The molecule has 6 heteroatoms. The van der Waals surface area contributed by atoms with Crippen molar-refractivity contribution in [3.63, 3.8) is 0 Å². The van der Waals surface area contributed by atoms with E-state index in [0.29, 0.717) is 17.7 Å². The van der Waals surface area contributed by atoms with Crippen molar-refractivity contribution in [1.82, 2.24) is 0 Å². The third-order valence-corrected chi connectivity index (χ3v) is 3.79. The fourth-order valence-electron chi connectivity index (χ4n) is 1.76. The molecule has 0 saturated carbocycles. The van der Waals surface area contributed by atoms with Crippen LogP contribution in [-0.4, -0.2) is 24.0 Å². The summed E-state index contributed by atoms with van der Waals surface area (Å²) in [6.07, 6.45) is 0.363. The Hall–Kier alpha value is -2.34. The van der Waals surface area contributed by atoms with Gasteiger partial charge >= 0.3 is 0 Å². The van der Waals surface area contributed by atoms with Gasteiger partial charge in [0.2, 0.25) is 5.91 Å². The lowest BCUT2D eigenvalue weighted by Gasteiger charge is -2.17. The molecule has 0 saturated heterocycles. The van der Waals surface area contributed by atoms with Crippen LogP contribution < -0.4 is 10.6 Å². The number of nitrogens with zero attached hydrogens (tertiary/aromatic N) is 2. The van der Waals surface area contributed by atoms with Gasteiger partial charge < -0.3 is 15.8 Å². The van der Waals surface area contributed by atoms with Crippen molar-refractivity contribution < 1.29 is 10.0 Å². The molecule has 3 N–H and O–H groups in total. The average Bonchev–Trinajstić information content (AvgIpc) is 2.98. The molecule has 0 aliphatic rings. The summed E-state index contributed by atoms with van der Waals surface area (Å²) < 4.78 is 0. The van der Waals surface area contributed by atoms with Gasteiger partial charge in [0.05, 0.1) is 6.42 Å². The molecule has 104 valence electrons. The second-order valence-electron chi connectivity index (χ2n) is 4.24. The number of hydrogen-bond donors (Lipinski definition) is 2. The van der Waals surface area contributed by atoms with E-state index in [1.807, 2.05) is 17.5 Å².